The van der Waals surface area contributed by atoms with E-state index in [0.29, 0.717) is 19.6 Å². The lowest BCUT2D eigenvalue weighted by molar-refractivity contribution is -1.08. The Kier molecular flexibility index (Phi) is 3.27. The second kappa shape index (κ2) is 4.66. The SMILES string of the molecule is [O-]C(c1ccc(F)cc1)(C(F)(F)F)[N+]12CCN(CC1)CC2. The molecule has 1 aromatic rings. The van der Waals surface area contributed by atoms with Crippen LogP contribution < -0.4 is 5.11 Å². The zero-order valence-corrected chi connectivity index (χ0v) is 11.4. The van der Waals surface area contributed by atoms with E-state index >= 15 is 0 Å². The van der Waals surface area contributed by atoms with Gasteiger partial charge in [0.05, 0.1) is 19.6 Å². The van der Waals surface area contributed by atoms with Crippen molar-refractivity contribution >= 4 is 0 Å². The Morgan fingerprint density at radius 3 is 1.86 bits per heavy atom. The van der Waals surface area contributed by atoms with E-state index in [4.69, 9.17) is 0 Å². The highest BCUT2D eigenvalue weighted by Crippen LogP contribution is 2.45. The van der Waals surface area contributed by atoms with Crippen LogP contribution >= 0.6 is 0 Å². The van der Waals surface area contributed by atoms with Crippen molar-refractivity contribution in [3.8, 4) is 0 Å². The molecule has 0 amide bonds. The first-order valence-corrected chi connectivity index (χ1v) is 6.90. The first-order chi connectivity index (χ1) is 9.78. The van der Waals surface area contributed by atoms with Crippen molar-refractivity contribution in [2.75, 3.05) is 39.3 Å². The fourth-order valence-electron chi connectivity index (χ4n) is 3.52. The van der Waals surface area contributed by atoms with Crippen molar-refractivity contribution in [2.24, 2.45) is 0 Å². The molecule has 116 valence electrons. The van der Waals surface area contributed by atoms with Gasteiger partial charge in [0, 0.05) is 25.2 Å². The number of halogens is 4. The number of quaternary nitrogens is 1. The predicted molar refractivity (Wildman–Crippen MR) is 65.4 cm³/mol. The molecular formula is C14H16F4N2O. The Balaban J connectivity index is 2.11. The summed E-state index contributed by atoms with van der Waals surface area (Å²) < 4.78 is 53.5. The van der Waals surface area contributed by atoms with Gasteiger partial charge in [0.1, 0.15) is 5.82 Å². The molecule has 3 saturated heterocycles. The minimum atomic E-state index is -4.93. The quantitative estimate of drug-likeness (QED) is 0.603. The van der Waals surface area contributed by atoms with Gasteiger partial charge >= 0.3 is 6.18 Å². The number of alkyl halides is 3. The standard InChI is InChI=1S/C14H16F4N2O/c15-12-3-1-11(2-4-12)13(21,14(16,17)18)20-8-5-19(6-9-20)7-10-20/h1-4H,5-10H2. The molecule has 3 aliphatic rings. The maximum Gasteiger partial charge on any atom is 0.433 e. The lowest BCUT2D eigenvalue weighted by atomic mass is 9.93. The molecule has 0 aliphatic carbocycles. The topological polar surface area (TPSA) is 26.3 Å². The zero-order valence-electron chi connectivity index (χ0n) is 11.4. The van der Waals surface area contributed by atoms with Gasteiger partial charge in [-0.25, -0.2) is 4.39 Å². The van der Waals surface area contributed by atoms with Gasteiger partial charge in [-0.2, -0.15) is 13.2 Å². The summed E-state index contributed by atoms with van der Waals surface area (Å²) in [6, 6.07) is 3.80. The van der Waals surface area contributed by atoms with Gasteiger partial charge in [-0.05, 0) is 12.1 Å². The van der Waals surface area contributed by atoms with Gasteiger partial charge in [0.15, 0.2) is 5.72 Å². The van der Waals surface area contributed by atoms with Crippen molar-refractivity contribution in [3.63, 3.8) is 0 Å². The first kappa shape index (κ1) is 14.7. The number of hydrogen-bond acceptors (Lipinski definition) is 2. The van der Waals surface area contributed by atoms with E-state index in [1.165, 1.54) is 0 Å². The monoisotopic (exact) mass is 304 g/mol. The number of rotatable bonds is 2. The summed E-state index contributed by atoms with van der Waals surface area (Å²) in [5, 5.41) is 13.1. The van der Waals surface area contributed by atoms with E-state index < -0.39 is 27.8 Å². The summed E-state index contributed by atoms with van der Waals surface area (Å²) >= 11 is 0. The molecule has 3 aliphatic heterocycles. The zero-order chi connectivity index (χ0) is 15.3. The number of hydrogen-bond donors (Lipinski definition) is 0. The van der Waals surface area contributed by atoms with E-state index in [-0.39, 0.29) is 19.6 Å². The normalized spacial score (nSPS) is 32.0. The average Bonchev–Trinajstić information content (AvgIpc) is 2.48. The molecule has 0 spiro atoms. The van der Waals surface area contributed by atoms with Crippen molar-refractivity contribution in [1.82, 2.24) is 4.90 Å². The molecule has 1 atom stereocenters. The molecule has 21 heavy (non-hydrogen) atoms. The van der Waals surface area contributed by atoms with Crippen molar-refractivity contribution in [3.05, 3.63) is 35.6 Å². The molecular weight excluding hydrogens is 288 g/mol. The minimum Gasteiger partial charge on any atom is -0.793 e. The van der Waals surface area contributed by atoms with Gasteiger partial charge < -0.3 is 9.59 Å². The van der Waals surface area contributed by atoms with Crippen LogP contribution in [0.3, 0.4) is 0 Å². The van der Waals surface area contributed by atoms with Gasteiger partial charge in [0.2, 0.25) is 0 Å². The molecule has 7 heteroatoms. The smallest absolute Gasteiger partial charge is 0.433 e. The molecule has 0 N–H and O–H groups in total. The Hall–Kier alpha value is -1.18. The summed E-state index contributed by atoms with van der Waals surface area (Å²) in [4.78, 5) is 2.07. The van der Waals surface area contributed by atoms with E-state index in [1.54, 1.807) is 0 Å². The van der Waals surface area contributed by atoms with Gasteiger partial charge in [0.25, 0.3) is 0 Å². The number of fused-ring (bicyclic) bond motifs is 3. The summed E-state index contributed by atoms with van der Waals surface area (Å²) in [5.74, 6) is -0.647. The third-order valence-corrected chi connectivity index (χ3v) is 4.82. The molecule has 0 saturated carbocycles. The van der Waals surface area contributed by atoms with Crippen LogP contribution in [0.2, 0.25) is 0 Å². The third kappa shape index (κ3) is 2.06. The maximum absolute atomic E-state index is 13.7. The Morgan fingerprint density at radius 2 is 1.43 bits per heavy atom. The van der Waals surface area contributed by atoms with E-state index in [9.17, 15) is 22.7 Å². The molecule has 0 radical (unpaired) electrons. The van der Waals surface area contributed by atoms with E-state index in [1.807, 2.05) is 0 Å². The number of piperazine rings is 3. The van der Waals surface area contributed by atoms with Gasteiger partial charge in [-0.15, -0.1) is 0 Å². The van der Waals surface area contributed by atoms with Crippen LogP contribution in [0.4, 0.5) is 17.6 Å². The van der Waals surface area contributed by atoms with Crippen LogP contribution in [-0.4, -0.2) is 54.8 Å². The van der Waals surface area contributed by atoms with E-state index in [0.717, 1.165) is 24.3 Å². The fourth-order valence-corrected chi connectivity index (χ4v) is 3.52. The lowest BCUT2D eigenvalue weighted by Crippen LogP contribution is -2.82. The highest BCUT2D eigenvalue weighted by atomic mass is 19.4. The summed E-state index contributed by atoms with van der Waals surface area (Å²) in [6.45, 7) is 2.05. The van der Waals surface area contributed by atoms with Crippen molar-refractivity contribution in [2.45, 2.75) is 11.9 Å². The van der Waals surface area contributed by atoms with Crippen LogP contribution in [-0.2, 0) is 5.72 Å². The van der Waals surface area contributed by atoms with Gasteiger partial charge in [-0.3, -0.25) is 4.90 Å². The second-order valence-electron chi connectivity index (χ2n) is 5.81. The molecule has 1 unspecified atom stereocenters. The van der Waals surface area contributed by atoms with E-state index in [2.05, 4.69) is 4.90 Å². The first-order valence-electron chi connectivity index (χ1n) is 6.90. The maximum atomic E-state index is 13.7. The van der Waals surface area contributed by atoms with Crippen molar-refractivity contribution < 1.29 is 27.2 Å². The fraction of sp³-hybridized carbons (Fsp3) is 0.571. The molecule has 0 aromatic heterocycles. The molecule has 2 bridgehead atoms. The third-order valence-electron chi connectivity index (χ3n) is 4.82. The van der Waals surface area contributed by atoms with Crippen LogP contribution in [0.15, 0.2) is 24.3 Å². The Labute approximate surface area is 120 Å². The van der Waals surface area contributed by atoms with Crippen LogP contribution in [0.5, 0.6) is 0 Å². The molecule has 4 rings (SSSR count). The molecule has 3 nitrogen and oxygen atoms in total. The Bertz CT molecular complexity index is 509. The molecule has 3 heterocycles. The van der Waals surface area contributed by atoms with Crippen molar-refractivity contribution in [1.29, 1.82) is 0 Å². The average molecular weight is 304 g/mol. The highest BCUT2D eigenvalue weighted by Gasteiger charge is 2.62. The molecule has 3 fully saturated rings. The van der Waals surface area contributed by atoms with Gasteiger partial charge in [-0.1, -0.05) is 12.1 Å². The Morgan fingerprint density at radius 1 is 0.952 bits per heavy atom. The molecule has 1 aromatic carbocycles. The van der Waals surface area contributed by atoms with Crippen LogP contribution in [0.25, 0.3) is 0 Å². The second-order valence-corrected chi connectivity index (χ2v) is 5.81. The summed E-state index contributed by atoms with van der Waals surface area (Å²) in [6.07, 6.45) is -4.93. The largest absolute Gasteiger partial charge is 0.793 e. The summed E-state index contributed by atoms with van der Waals surface area (Å²) in [5.41, 5.74) is -3.63. The predicted octanol–water partition coefficient (Wildman–Crippen LogP) is 1.05. The number of nitrogens with zero attached hydrogens (tertiary/aromatic N) is 2. The van der Waals surface area contributed by atoms with Crippen LogP contribution in [0.1, 0.15) is 5.56 Å². The van der Waals surface area contributed by atoms with Crippen LogP contribution in [0, 0.1) is 5.82 Å². The minimum absolute atomic E-state index is 0.181. The number of benzene rings is 1. The highest BCUT2D eigenvalue weighted by molar-refractivity contribution is 5.22. The lowest BCUT2D eigenvalue weighted by Gasteiger charge is -2.63. The summed E-state index contributed by atoms with van der Waals surface area (Å²) in [7, 11) is 0.